The molecule has 0 bridgehead atoms. The van der Waals surface area contributed by atoms with Crippen molar-refractivity contribution in [3.63, 3.8) is 0 Å². The van der Waals surface area contributed by atoms with Crippen LogP contribution in [0.2, 0.25) is 0 Å². The largest absolute Gasteiger partial charge is 0.480 e. The van der Waals surface area contributed by atoms with Gasteiger partial charge in [-0.1, -0.05) is 18.2 Å². The number of benzene rings is 1. The van der Waals surface area contributed by atoms with Crippen LogP contribution < -0.4 is 5.73 Å². The Balaban J connectivity index is 2.22. The molecule has 1 unspecified atom stereocenters. The molecule has 5 N–H and O–H groups in total. The van der Waals surface area contributed by atoms with Gasteiger partial charge in [-0.3, -0.25) is 4.79 Å². The number of rotatable bonds is 6. The van der Waals surface area contributed by atoms with Gasteiger partial charge in [0.1, 0.15) is 6.04 Å². The average molecular weight is 292 g/mol. The number of aromatic amines is 1. The number of carboxylic acids is 1. The first-order valence-corrected chi connectivity index (χ1v) is 6.41. The Labute approximate surface area is 120 Å². The molecular weight excluding hydrogens is 276 g/mol. The molecule has 7 heteroatoms. The Morgan fingerprint density at radius 2 is 2.05 bits per heavy atom. The summed E-state index contributed by atoms with van der Waals surface area (Å²) in [4.78, 5) is 29.2. The van der Waals surface area contributed by atoms with Crippen molar-refractivity contribution in [1.82, 2.24) is 4.98 Å². The fourth-order valence-electron chi connectivity index (χ4n) is 2.31. The van der Waals surface area contributed by atoms with Crippen molar-refractivity contribution in [2.24, 2.45) is 11.7 Å². The summed E-state index contributed by atoms with van der Waals surface area (Å²) >= 11 is 0. The van der Waals surface area contributed by atoms with Crippen LogP contribution in [0.25, 0.3) is 10.9 Å². The molecule has 2 aromatic rings. The second-order valence-corrected chi connectivity index (χ2v) is 4.85. The molecule has 0 spiro atoms. The fourth-order valence-corrected chi connectivity index (χ4v) is 2.31. The predicted molar refractivity (Wildman–Crippen MR) is 74.4 cm³/mol. The molecule has 0 amide bonds. The first-order chi connectivity index (χ1) is 10.0. The monoisotopic (exact) mass is 292 g/mol. The van der Waals surface area contributed by atoms with E-state index in [0.29, 0.717) is 0 Å². The number of fused-ring (bicyclic) bond motifs is 1. The summed E-state index contributed by atoms with van der Waals surface area (Å²) in [5.41, 5.74) is 7.20. The number of carbonyl (C=O) groups is 2. The number of nitrogens with two attached hydrogens (primary N) is 1. The lowest BCUT2D eigenvalue weighted by atomic mass is 9.93. The Hall–Kier alpha value is -2.38. The quantitative estimate of drug-likeness (QED) is 0.467. The van der Waals surface area contributed by atoms with Gasteiger partial charge in [0.15, 0.2) is 0 Å². The highest BCUT2D eigenvalue weighted by Gasteiger charge is 2.27. The molecule has 112 valence electrons. The van der Waals surface area contributed by atoms with Crippen molar-refractivity contribution < 1.29 is 24.8 Å². The van der Waals surface area contributed by atoms with Crippen LogP contribution in [0.15, 0.2) is 30.5 Å². The highest BCUT2D eigenvalue weighted by Crippen LogP contribution is 2.23. The maximum absolute atomic E-state index is 11.6. The normalized spacial score (nSPS) is 13.8. The molecule has 0 fully saturated rings. The minimum atomic E-state index is -1.20. The van der Waals surface area contributed by atoms with Gasteiger partial charge in [0.2, 0.25) is 0 Å². The van der Waals surface area contributed by atoms with Gasteiger partial charge < -0.3 is 20.7 Å². The van der Waals surface area contributed by atoms with Gasteiger partial charge in [0, 0.05) is 17.1 Å². The lowest BCUT2D eigenvalue weighted by molar-refractivity contribution is -0.239. The molecule has 0 aliphatic carbocycles. The third kappa shape index (κ3) is 3.39. The van der Waals surface area contributed by atoms with Crippen molar-refractivity contribution in [3.05, 3.63) is 36.0 Å². The SMILES string of the molecule is N[C@@H](CC(Cc1c[nH]c2ccccc12)C(=O)OO)C(=O)O. The highest BCUT2D eigenvalue weighted by atomic mass is 17.1. The number of carbonyl (C=O) groups excluding carboxylic acids is 1. The molecular formula is C14H16N2O5. The Morgan fingerprint density at radius 3 is 2.71 bits per heavy atom. The van der Waals surface area contributed by atoms with Crippen molar-refractivity contribution >= 4 is 22.8 Å². The van der Waals surface area contributed by atoms with Crippen molar-refractivity contribution in [2.45, 2.75) is 18.9 Å². The smallest absolute Gasteiger partial charge is 0.345 e. The third-order valence-corrected chi connectivity index (χ3v) is 3.42. The van der Waals surface area contributed by atoms with Crippen LogP contribution >= 0.6 is 0 Å². The zero-order valence-corrected chi connectivity index (χ0v) is 11.2. The first kappa shape index (κ1) is 15.0. The molecule has 1 aromatic carbocycles. The summed E-state index contributed by atoms with van der Waals surface area (Å²) in [7, 11) is 0. The Bertz CT molecular complexity index is 652. The van der Waals surface area contributed by atoms with Gasteiger partial charge in [-0.2, -0.15) is 5.26 Å². The number of carboxylic acid groups (broad SMARTS) is 1. The zero-order valence-electron chi connectivity index (χ0n) is 11.2. The van der Waals surface area contributed by atoms with E-state index < -0.39 is 23.9 Å². The summed E-state index contributed by atoms with van der Waals surface area (Å²) < 4.78 is 0. The molecule has 1 aromatic heterocycles. The van der Waals surface area contributed by atoms with Crippen LogP contribution in [-0.4, -0.2) is 33.3 Å². The number of hydrogen-bond acceptors (Lipinski definition) is 5. The predicted octanol–water partition coefficient (Wildman–Crippen LogP) is 1.14. The van der Waals surface area contributed by atoms with E-state index in [4.69, 9.17) is 16.1 Å². The van der Waals surface area contributed by atoms with Crippen LogP contribution in [0.4, 0.5) is 0 Å². The van der Waals surface area contributed by atoms with Gasteiger partial charge in [-0.25, -0.2) is 4.79 Å². The van der Waals surface area contributed by atoms with E-state index >= 15 is 0 Å². The topological polar surface area (TPSA) is 126 Å². The fraction of sp³-hybridized carbons (Fsp3) is 0.286. The second kappa shape index (κ2) is 6.38. The van der Waals surface area contributed by atoms with Gasteiger partial charge in [0.05, 0.1) is 5.92 Å². The minimum absolute atomic E-state index is 0.117. The number of H-pyrrole nitrogens is 1. The molecule has 2 atom stereocenters. The molecule has 0 saturated heterocycles. The van der Waals surface area contributed by atoms with Crippen LogP contribution in [0, 0.1) is 5.92 Å². The van der Waals surface area contributed by atoms with Crippen molar-refractivity contribution in [3.8, 4) is 0 Å². The highest BCUT2D eigenvalue weighted by molar-refractivity contribution is 5.84. The standard InChI is InChI=1S/C14H16N2O5/c15-11(13(17)18)6-8(14(19)21-20)5-9-7-16-12-4-2-1-3-10(9)12/h1-4,7-8,11,16,20H,5-6,15H2,(H,17,18)/t8?,11-/m0/s1. The molecule has 0 aliphatic heterocycles. The number of nitrogens with one attached hydrogen (secondary N) is 1. The number of aromatic nitrogens is 1. The molecule has 0 aliphatic rings. The first-order valence-electron chi connectivity index (χ1n) is 6.41. The second-order valence-electron chi connectivity index (χ2n) is 4.85. The maximum atomic E-state index is 11.6. The Morgan fingerprint density at radius 1 is 1.33 bits per heavy atom. The van der Waals surface area contributed by atoms with E-state index in [2.05, 4.69) is 9.87 Å². The molecule has 2 rings (SSSR count). The van der Waals surface area contributed by atoms with Gasteiger partial charge in [-0.15, -0.1) is 0 Å². The molecule has 0 radical (unpaired) electrons. The van der Waals surface area contributed by atoms with Gasteiger partial charge in [-0.05, 0) is 24.5 Å². The van der Waals surface area contributed by atoms with Gasteiger partial charge >= 0.3 is 11.9 Å². The number of para-hydroxylation sites is 1. The van der Waals surface area contributed by atoms with Crippen LogP contribution in [0.3, 0.4) is 0 Å². The summed E-state index contributed by atoms with van der Waals surface area (Å²) in [5.74, 6) is -2.93. The Kier molecular flexibility index (Phi) is 4.56. The molecule has 1 heterocycles. The van der Waals surface area contributed by atoms with E-state index in [9.17, 15) is 9.59 Å². The summed E-state index contributed by atoms with van der Waals surface area (Å²) in [6.45, 7) is 0. The summed E-state index contributed by atoms with van der Waals surface area (Å²) in [6.07, 6.45) is 1.85. The van der Waals surface area contributed by atoms with Crippen LogP contribution in [0.1, 0.15) is 12.0 Å². The summed E-state index contributed by atoms with van der Waals surface area (Å²) in [6, 6.07) is 6.32. The maximum Gasteiger partial charge on any atom is 0.345 e. The zero-order chi connectivity index (χ0) is 15.4. The lowest BCUT2D eigenvalue weighted by Crippen LogP contribution is -2.35. The van der Waals surface area contributed by atoms with E-state index in [-0.39, 0.29) is 12.8 Å². The average Bonchev–Trinajstić information content (AvgIpc) is 2.89. The van der Waals surface area contributed by atoms with Crippen molar-refractivity contribution in [1.29, 1.82) is 0 Å². The van der Waals surface area contributed by atoms with E-state index in [0.717, 1.165) is 16.5 Å². The van der Waals surface area contributed by atoms with E-state index in [1.54, 1.807) is 6.20 Å². The van der Waals surface area contributed by atoms with E-state index in [1.165, 1.54) is 0 Å². The van der Waals surface area contributed by atoms with Crippen LogP contribution in [-0.2, 0) is 20.9 Å². The molecule has 0 saturated carbocycles. The number of hydrogen-bond donors (Lipinski definition) is 4. The van der Waals surface area contributed by atoms with Gasteiger partial charge in [0.25, 0.3) is 0 Å². The number of aliphatic carboxylic acids is 1. The van der Waals surface area contributed by atoms with Crippen molar-refractivity contribution in [2.75, 3.05) is 0 Å². The summed E-state index contributed by atoms with van der Waals surface area (Å²) in [5, 5.41) is 18.3. The molecule has 7 nitrogen and oxygen atoms in total. The van der Waals surface area contributed by atoms with Crippen LogP contribution in [0.5, 0.6) is 0 Å². The minimum Gasteiger partial charge on any atom is -0.480 e. The molecule has 21 heavy (non-hydrogen) atoms. The van der Waals surface area contributed by atoms with E-state index in [1.807, 2.05) is 24.3 Å². The third-order valence-electron chi connectivity index (χ3n) is 3.42. The lowest BCUT2D eigenvalue weighted by Gasteiger charge is -2.15.